The maximum atomic E-state index is 13.9. The van der Waals surface area contributed by atoms with Crippen molar-refractivity contribution in [1.29, 1.82) is 0 Å². The van der Waals surface area contributed by atoms with Crippen LogP contribution in [0.4, 0.5) is 13.2 Å². The van der Waals surface area contributed by atoms with Crippen molar-refractivity contribution in [2.75, 3.05) is 0 Å². The van der Waals surface area contributed by atoms with Crippen molar-refractivity contribution in [3.05, 3.63) is 71.3 Å². The summed E-state index contributed by atoms with van der Waals surface area (Å²) < 4.78 is 39.2. The van der Waals surface area contributed by atoms with Gasteiger partial charge in [-0.3, -0.25) is 0 Å². The fourth-order valence-corrected chi connectivity index (χ4v) is 1.46. The van der Waals surface area contributed by atoms with E-state index in [1.165, 1.54) is 48.5 Å². The van der Waals surface area contributed by atoms with Gasteiger partial charge in [0.25, 0.3) is 0 Å². The molecule has 0 aliphatic rings. The van der Waals surface area contributed by atoms with E-state index in [2.05, 4.69) is 0 Å². The predicted octanol–water partition coefficient (Wildman–Crippen LogP) is 4.02. The molecule has 0 heterocycles. The number of hydrogen-bond acceptors (Lipinski definition) is 0. The maximum absolute atomic E-state index is 13.9. The van der Waals surface area contributed by atoms with Crippen LogP contribution in [0.5, 0.6) is 0 Å². The molecule has 0 aliphatic carbocycles. The highest BCUT2D eigenvalue weighted by molar-refractivity contribution is 5.30. The van der Waals surface area contributed by atoms with Crippen LogP contribution in [0.2, 0.25) is 0 Å². The van der Waals surface area contributed by atoms with Gasteiger partial charge in [-0.05, 0) is 35.4 Å². The fraction of sp³-hybridized carbons (Fsp3) is 0.0769. The summed E-state index contributed by atoms with van der Waals surface area (Å²) >= 11 is 0. The second-order valence-electron chi connectivity index (χ2n) is 3.47. The molecule has 3 heteroatoms. The van der Waals surface area contributed by atoms with Crippen molar-refractivity contribution in [3.8, 4) is 0 Å². The van der Waals surface area contributed by atoms with Crippen LogP contribution < -0.4 is 0 Å². The van der Waals surface area contributed by atoms with Crippen molar-refractivity contribution in [2.24, 2.45) is 0 Å². The van der Waals surface area contributed by atoms with Gasteiger partial charge in [-0.2, -0.15) is 0 Å². The Morgan fingerprint density at radius 3 is 1.25 bits per heavy atom. The summed E-state index contributed by atoms with van der Waals surface area (Å²) in [5.41, 5.74) is 0.709. The molecule has 0 radical (unpaired) electrons. The molecule has 0 unspecified atom stereocenters. The van der Waals surface area contributed by atoms with Gasteiger partial charge in [0, 0.05) is 0 Å². The van der Waals surface area contributed by atoms with E-state index in [1.807, 2.05) is 0 Å². The van der Waals surface area contributed by atoms with Crippen LogP contribution in [-0.4, -0.2) is 0 Å². The van der Waals surface area contributed by atoms with Gasteiger partial charge in [-0.15, -0.1) is 0 Å². The molecule has 0 saturated heterocycles. The number of hydrogen-bond donors (Lipinski definition) is 0. The van der Waals surface area contributed by atoms with Gasteiger partial charge in [-0.25, -0.2) is 13.2 Å². The minimum atomic E-state index is -1.36. The minimum absolute atomic E-state index is 0.355. The summed E-state index contributed by atoms with van der Waals surface area (Å²) in [5, 5.41) is 0. The molecule has 0 amide bonds. The Bertz CT molecular complexity index is 414. The molecule has 0 bridgehead atoms. The molecule has 0 atom stereocenters. The molecule has 0 nitrogen and oxygen atoms in total. The zero-order valence-corrected chi connectivity index (χ0v) is 8.33. The molecule has 0 N–H and O–H groups in total. The SMILES string of the molecule is Fc1ccc(C(F)c2ccc(F)cc2)cc1. The normalized spacial score (nSPS) is 10.8. The number of rotatable bonds is 2. The number of alkyl halides is 1. The lowest BCUT2D eigenvalue weighted by molar-refractivity contribution is 0.401. The zero-order chi connectivity index (χ0) is 11.5. The Morgan fingerprint density at radius 1 is 0.625 bits per heavy atom. The van der Waals surface area contributed by atoms with E-state index in [9.17, 15) is 13.2 Å². The molecule has 82 valence electrons. The lowest BCUT2D eigenvalue weighted by Crippen LogP contribution is -1.94. The minimum Gasteiger partial charge on any atom is -0.237 e. The van der Waals surface area contributed by atoms with E-state index < -0.39 is 17.8 Å². The largest absolute Gasteiger partial charge is 0.237 e. The van der Waals surface area contributed by atoms with Crippen molar-refractivity contribution >= 4 is 0 Å². The van der Waals surface area contributed by atoms with Gasteiger partial charge < -0.3 is 0 Å². The summed E-state index contributed by atoms with van der Waals surface area (Å²) in [5.74, 6) is -0.815. The average Bonchev–Trinajstić information content (AvgIpc) is 2.30. The van der Waals surface area contributed by atoms with Crippen LogP contribution in [0, 0.1) is 11.6 Å². The van der Waals surface area contributed by atoms with Gasteiger partial charge in [0.05, 0.1) is 0 Å². The smallest absolute Gasteiger partial charge is 0.150 e. The Hall–Kier alpha value is -1.77. The first kappa shape index (κ1) is 10.7. The van der Waals surface area contributed by atoms with Gasteiger partial charge in [0.15, 0.2) is 6.17 Å². The molecule has 2 rings (SSSR count). The third kappa shape index (κ3) is 2.24. The maximum Gasteiger partial charge on any atom is 0.150 e. The Balaban J connectivity index is 2.28. The quantitative estimate of drug-likeness (QED) is 0.719. The van der Waals surface area contributed by atoms with E-state index in [0.717, 1.165) is 0 Å². The van der Waals surface area contributed by atoms with Gasteiger partial charge in [0.2, 0.25) is 0 Å². The van der Waals surface area contributed by atoms with Crippen molar-refractivity contribution in [2.45, 2.75) is 6.17 Å². The van der Waals surface area contributed by atoms with Gasteiger partial charge in [-0.1, -0.05) is 24.3 Å². The molecule has 0 aromatic heterocycles. The topological polar surface area (TPSA) is 0 Å². The molecule has 16 heavy (non-hydrogen) atoms. The highest BCUT2D eigenvalue weighted by Gasteiger charge is 2.12. The van der Waals surface area contributed by atoms with Crippen LogP contribution in [-0.2, 0) is 0 Å². The Kier molecular flexibility index (Phi) is 2.95. The van der Waals surface area contributed by atoms with E-state index in [0.29, 0.717) is 11.1 Å². The predicted molar refractivity (Wildman–Crippen MR) is 55.8 cm³/mol. The molecule has 0 spiro atoms. The summed E-state index contributed by atoms with van der Waals surface area (Å²) in [4.78, 5) is 0. The molecule has 2 aromatic carbocycles. The highest BCUT2D eigenvalue weighted by Crippen LogP contribution is 2.26. The van der Waals surface area contributed by atoms with Crippen LogP contribution >= 0.6 is 0 Å². The lowest BCUT2D eigenvalue weighted by atomic mass is 10.0. The number of benzene rings is 2. The van der Waals surface area contributed by atoms with Crippen LogP contribution in [0.1, 0.15) is 17.3 Å². The highest BCUT2D eigenvalue weighted by atomic mass is 19.1. The molecule has 0 saturated carbocycles. The zero-order valence-electron chi connectivity index (χ0n) is 8.33. The molecular weight excluding hydrogens is 213 g/mol. The van der Waals surface area contributed by atoms with Gasteiger partial charge in [0.1, 0.15) is 11.6 Å². The van der Waals surface area contributed by atoms with Crippen LogP contribution in [0.15, 0.2) is 48.5 Å². The third-order valence-electron chi connectivity index (χ3n) is 2.33. The summed E-state index contributed by atoms with van der Waals surface area (Å²) in [6.45, 7) is 0. The summed E-state index contributed by atoms with van der Waals surface area (Å²) in [6.07, 6.45) is -1.36. The molecule has 0 aliphatic heterocycles. The Morgan fingerprint density at radius 2 is 0.938 bits per heavy atom. The van der Waals surface area contributed by atoms with Crippen molar-refractivity contribution in [1.82, 2.24) is 0 Å². The van der Waals surface area contributed by atoms with Crippen LogP contribution in [0.25, 0.3) is 0 Å². The van der Waals surface area contributed by atoms with Gasteiger partial charge >= 0.3 is 0 Å². The molecular formula is C13H9F3. The first-order valence-corrected chi connectivity index (χ1v) is 4.82. The second-order valence-corrected chi connectivity index (χ2v) is 3.47. The molecule has 0 fully saturated rings. The monoisotopic (exact) mass is 222 g/mol. The van der Waals surface area contributed by atoms with Crippen LogP contribution in [0.3, 0.4) is 0 Å². The fourth-order valence-electron chi connectivity index (χ4n) is 1.46. The van der Waals surface area contributed by atoms with Crippen molar-refractivity contribution in [3.63, 3.8) is 0 Å². The van der Waals surface area contributed by atoms with E-state index in [4.69, 9.17) is 0 Å². The third-order valence-corrected chi connectivity index (χ3v) is 2.33. The lowest BCUT2D eigenvalue weighted by Gasteiger charge is -2.08. The Labute approximate surface area is 91.4 Å². The molecule has 2 aromatic rings. The average molecular weight is 222 g/mol. The first-order valence-electron chi connectivity index (χ1n) is 4.82. The first-order chi connectivity index (χ1) is 7.66. The van der Waals surface area contributed by atoms with E-state index >= 15 is 0 Å². The van der Waals surface area contributed by atoms with E-state index in [1.54, 1.807) is 0 Å². The standard InChI is InChI=1S/C13H9F3/c14-11-5-1-9(2-6-11)13(16)10-3-7-12(15)8-4-10/h1-8,13H. The number of halogens is 3. The van der Waals surface area contributed by atoms with E-state index in [-0.39, 0.29) is 0 Å². The van der Waals surface area contributed by atoms with Crippen molar-refractivity contribution < 1.29 is 13.2 Å². The summed E-state index contributed by atoms with van der Waals surface area (Å²) in [7, 11) is 0. The second kappa shape index (κ2) is 4.39. The summed E-state index contributed by atoms with van der Waals surface area (Å²) in [6, 6.07) is 10.3.